The van der Waals surface area contributed by atoms with Gasteiger partial charge in [-0.2, -0.15) is 0 Å². The van der Waals surface area contributed by atoms with Crippen LogP contribution in [0, 0.1) is 34.5 Å². The first-order valence-corrected chi connectivity index (χ1v) is 13.5. The standard InChI is InChI=1S/C30H38N4/c1-20-17-30(3)24(10-11-27(30)34-19-32-25-6-4-5-7-26(25)34)23-9-8-21-16-22(33-15-14-31-18-33)12-13-29(21,2)28(20)23/h4-8,11,14-15,18,20,22-24,28,32H,9-10,12-13,16-17,19H2,1-3H3/p+1. The maximum absolute atomic E-state index is 3.64. The van der Waals surface area contributed by atoms with Crippen LogP contribution in [-0.2, 0) is 0 Å². The average Bonchev–Trinajstić information content (AvgIpc) is 3.56. The molecule has 7 unspecified atom stereocenters. The summed E-state index contributed by atoms with van der Waals surface area (Å²) < 4.78 is 2.41. The second-order valence-electron chi connectivity index (χ2n) is 12.3. The normalized spacial score (nSPS) is 40.4. The monoisotopic (exact) mass is 455 g/mol. The number of fused-ring (bicyclic) bond motifs is 6. The fourth-order valence-corrected chi connectivity index (χ4v) is 9.42. The smallest absolute Gasteiger partial charge is 0.241 e. The molecule has 1 aliphatic heterocycles. The molecule has 2 heterocycles. The fourth-order valence-electron chi connectivity index (χ4n) is 9.42. The van der Waals surface area contributed by atoms with Crippen LogP contribution in [0.2, 0.25) is 0 Å². The van der Waals surface area contributed by atoms with Crippen molar-refractivity contribution in [3.8, 4) is 0 Å². The van der Waals surface area contributed by atoms with Crippen molar-refractivity contribution in [2.75, 3.05) is 16.9 Å². The molecule has 4 aliphatic carbocycles. The van der Waals surface area contributed by atoms with E-state index in [0.29, 0.717) is 11.5 Å². The third-order valence-corrected chi connectivity index (χ3v) is 10.8. The number of nitrogens with one attached hydrogen (secondary N) is 2. The molecular weight excluding hydrogens is 416 g/mol. The average molecular weight is 456 g/mol. The number of H-pyrrole nitrogens is 1. The number of imidazole rings is 1. The Kier molecular flexibility index (Phi) is 4.45. The number of rotatable bonds is 2. The van der Waals surface area contributed by atoms with E-state index in [1.165, 1.54) is 49.9 Å². The van der Waals surface area contributed by atoms with Crippen molar-refractivity contribution in [3.05, 3.63) is 66.4 Å². The van der Waals surface area contributed by atoms with E-state index in [1.54, 1.807) is 11.3 Å². The lowest BCUT2D eigenvalue weighted by Gasteiger charge is -2.60. The van der Waals surface area contributed by atoms with Gasteiger partial charge in [-0.1, -0.05) is 50.6 Å². The Labute approximate surface area is 204 Å². The highest BCUT2D eigenvalue weighted by Gasteiger charge is 2.60. The molecule has 34 heavy (non-hydrogen) atoms. The van der Waals surface area contributed by atoms with E-state index in [-0.39, 0.29) is 5.41 Å². The number of benzene rings is 1. The Morgan fingerprint density at radius 1 is 1.09 bits per heavy atom. The van der Waals surface area contributed by atoms with Gasteiger partial charge in [0.1, 0.15) is 18.4 Å². The van der Waals surface area contributed by atoms with Crippen molar-refractivity contribution in [1.29, 1.82) is 0 Å². The van der Waals surface area contributed by atoms with E-state index in [0.717, 1.165) is 30.3 Å². The van der Waals surface area contributed by atoms with Gasteiger partial charge in [0.25, 0.3) is 0 Å². The maximum Gasteiger partial charge on any atom is 0.241 e. The molecule has 178 valence electrons. The molecule has 1 aromatic heterocycles. The molecule has 2 aromatic rings. The van der Waals surface area contributed by atoms with Crippen molar-refractivity contribution in [1.82, 2.24) is 4.98 Å². The Morgan fingerprint density at radius 2 is 1.97 bits per heavy atom. The van der Waals surface area contributed by atoms with Crippen molar-refractivity contribution in [3.63, 3.8) is 0 Å². The summed E-state index contributed by atoms with van der Waals surface area (Å²) in [5.74, 6) is 3.14. The fraction of sp³-hybridized carbons (Fsp3) is 0.567. The van der Waals surface area contributed by atoms with Crippen molar-refractivity contribution < 1.29 is 4.57 Å². The summed E-state index contributed by atoms with van der Waals surface area (Å²) in [6, 6.07) is 9.46. The summed E-state index contributed by atoms with van der Waals surface area (Å²) in [5, 5.41) is 3.64. The number of hydrogen-bond acceptors (Lipinski definition) is 2. The summed E-state index contributed by atoms with van der Waals surface area (Å²) in [7, 11) is 0. The molecule has 0 bridgehead atoms. The van der Waals surface area contributed by atoms with Gasteiger partial charge in [-0.05, 0) is 73.3 Å². The molecule has 7 rings (SSSR count). The van der Waals surface area contributed by atoms with E-state index in [2.05, 4.69) is 95.7 Å². The Bertz CT molecular complexity index is 1160. The molecule has 0 radical (unpaired) electrons. The number of anilines is 2. The van der Waals surface area contributed by atoms with Crippen LogP contribution >= 0.6 is 0 Å². The molecular formula is C30H39N4+. The molecule has 4 heteroatoms. The van der Waals surface area contributed by atoms with Crippen LogP contribution in [0.4, 0.5) is 11.4 Å². The highest BCUT2D eigenvalue weighted by atomic mass is 15.3. The van der Waals surface area contributed by atoms with Crippen LogP contribution in [-0.4, -0.2) is 11.7 Å². The van der Waals surface area contributed by atoms with E-state index in [9.17, 15) is 0 Å². The first-order valence-electron chi connectivity index (χ1n) is 13.5. The topological polar surface area (TPSA) is 34.9 Å². The van der Waals surface area contributed by atoms with Crippen molar-refractivity contribution in [2.45, 2.75) is 65.3 Å². The molecule has 0 amide bonds. The molecule has 2 N–H and O–H groups in total. The predicted octanol–water partition coefficient (Wildman–Crippen LogP) is 6.44. The third kappa shape index (κ3) is 2.74. The Hall–Kier alpha value is -2.49. The van der Waals surface area contributed by atoms with Crippen LogP contribution in [0.3, 0.4) is 0 Å². The second-order valence-corrected chi connectivity index (χ2v) is 12.3. The van der Waals surface area contributed by atoms with Gasteiger partial charge >= 0.3 is 0 Å². The molecule has 0 saturated heterocycles. The zero-order chi connectivity index (χ0) is 23.1. The molecule has 4 nitrogen and oxygen atoms in total. The summed E-state index contributed by atoms with van der Waals surface area (Å²) >= 11 is 0. The number of aromatic nitrogens is 2. The zero-order valence-corrected chi connectivity index (χ0v) is 20.9. The third-order valence-electron chi connectivity index (χ3n) is 10.8. The van der Waals surface area contributed by atoms with E-state index >= 15 is 0 Å². The predicted molar refractivity (Wildman–Crippen MR) is 137 cm³/mol. The Morgan fingerprint density at radius 3 is 2.82 bits per heavy atom. The highest BCUT2D eigenvalue weighted by Crippen LogP contribution is 2.67. The van der Waals surface area contributed by atoms with Crippen LogP contribution < -0.4 is 14.8 Å². The first kappa shape index (κ1) is 20.8. The van der Waals surface area contributed by atoms with E-state index in [1.807, 2.05) is 0 Å². The quantitative estimate of drug-likeness (QED) is 0.404. The number of nitrogens with zero attached hydrogens (tertiary/aromatic N) is 2. The summed E-state index contributed by atoms with van der Waals surface area (Å²) in [6.07, 6.45) is 19.4. The van der Waals surface area contributed by atoms with Gasteiger partial charge in [-0.3, -0.25) is 4.98 Å². The summed E-state index contributed by atoms with van der Waals surface area (Å²) in [5.41, 5.74) is 6.66. The molecule has 2 saturated carbocycles. The summed E-state index contributed by atoms with van der Waals surface area (Å²) in [4.78, 5) is 5.84. The van der Waals surface area contributed by atoms with Gasteiger partial charge in [0, 0.05) is 17.5 Å². The number of hydrogen-bond donors (Lipinski definition) is 2. The second kappa shape index (κ2) is 7.26. The molecule has 7 atom stereocenters. The van der Waals surface area contributed by atoms with Gasteiger partial charge in [0.2, 0.25) is 6.33 Å². The largest absolute Gasteiger partial charge is 0.366 e. The molecule has 5 aliphatic rings. The minimum absolute atomic E-state index is 0.277. The first-order chi connectivity index (χ1) is 16.5. The van der Waals surface area contributed by atoms with Crippen LogP contribution in [0.5, 0.6) is 0 Å². The zero-order valence-electron chi connectivity index (χ0n) is 20.9. The van der Waals surface area contributed by atoms with Crippen LogP contribution in [0.25, 0.3) is 0 Å². The minimum Gasteiger partial charge on any atom is -0.366 e. The van der Waals surface area contributed by atoms with Crippen molar-refractivity contribution >= 4 is 11.4 Å². The van der Waals surface area contributed by atoms with Gasteiger partial charge in [-0.15, -0.1) is 0 Å². The SMILES string of the molecule is CC1CC2(C)C(N3CNc4ccccc43)=CCC2C2CC=C3CC([n+]4cc[nH]c4)CCC3(C)C12. The summed E-state index contributed by atoms with van der Waals surface area (Å²) in [6.45, 7) is 8.74. The van der Waals surface area contributed by atoms with Gasteiger partial charge in [0.05, 0.1) is 18.0 Å². The molecule has 0 spiro atoms. The maximum atomic E-state index is 3.64. The van der Waals surface area contributed by atoms with Gasteiger partial charge < -0.3 is 10.2 Å². The number of allylic oxidation sites excluding steroid dienone is 4. The van der Waals surface area contributed by atoms with E-state index in [4.69, 9.17) is 0 Å². The highest BCUT2D eigenvalue weighted by molar-refractivity contribution is 5.77. The van der Waals surface area contributed by atoms with Crippen LogP contribution in [0.1, 0.15) is 65.3 Å². The lowest BCUT2D eigenvalue weighted by molar-refractivity contribution is -0.723. The number of aromatic amines is 1. The van der Waals surface area contributed by atoms with Gasteiger partial charge in [0.15, 0.2) is 0 Å². The lowest BCUT2D eigenvalue weighted by Crippen LogP contribution is -2.55. The van der Waals surface area contributed by atoms with Crippen molar-refractivity contribution in [2.24, 2.45) is 34.5 Å². The number of para-hydroxylation sites is 2. The Balaban J connectivity index is 1.19. The molecule has 2 fully saturated rings. The van der Waals surface area contributed by atoms with Crippen LogP contribution in [0.15, 0.2) is 66.4 Å². The molecule has 1 aromatic carbocycles. The van der Waals surface area contributed by atoms with Gasteiger partial charge in [-0.25, -0.2) is 4.57 Å². The minimum atomic E-state index is 0.277. The van der Waals surface area contributed by atoms with E-state index < -0.39 is 0 Å². The lowest BCUT2D eigenvalue weighted by atomic mass is 9.45.